The molecule has 32 heavy (non-hydrogen) atoms. The van der Waals surface area contributed by atoms with Crippen molar-refractivity contribution in [1.29, 1.82) is 0 Å². The molecule has 4 rings (SSSR count). The van der Waals surface area contributed by atoms with Crippen LogP contribution < -0.4 is 10.1 Å². The van der Waals surface area contributed by atoms with Crippen LogP contribution in [-0.2, 0) is 17.9 Å². The maximum Gasteiger partial charge on any atom is 0.261 e. The smallest absolute Gasteiger partial charge is 0.261 e. The van der Waals surface area contributed by atoms with Crippen molar-refractivity contribution in [2.24, 2.45) is 0 Å². The molecule has 3 aromatic rings. The van der Waals surface area contributed by atoms with E-state index in [1.807, 2.05) is 13.0 Å². The summed E-state index contributed by atoms with van der Waals surface area (Å²) in [5, 5.41) is 3.98. The number of ether oxygens (including phenoxy) is 2. The van der Waals surface area contributed by atoms with Gasteiger partial charge in [0.25, 0.3) is 5.91 Å². The lowest BCUT2D eigenvalue weighted by molar-refractivity contribution is 0.0911. The van der Waals surface area contributed by atoms with Crippen molar-refractivity contribution in [3.8, 4) is 5.88 Å². The van der Waals surface area contributed by atoms with E-state index in [4.69, 9.17) is 9.47 Å². The fourth-order valence-electron chi connectivity index (χ4n) is 4.31. The van der Waals surface area contributed by atoms with Crippen LogP contribution in [0.1, 0.15) is 45.9 Å². The first kappa shape index (κ1) is 22.6. The number of methoxy groups -OCH3 is 2. The van der Waals surface area contributed by atoms with E-state index in [0.29, 0.717) is 35.8 Å². The Balaban J connectivity index is 1.48. The van der Waals surface area contributed by atoms with Crippen LogP contribution in [0.5, 0.6) is 5.88 Å². The lowest BCUT2D eigenvalue weighted by Gasteiger charge is -2.35. The Morgan fingerprint density at radius 1 is 1.22 bits per heavy atom. The maximum absolute atomic E-state index is 13.1. The third kappa shape index (κ3) is 4.92. The standard InChI is InChI=1S/C24H30N4O3S/c1-16-20-23(31-3)26-19(15-30-2)27-24(20)32-21(16)22(29)25-13-18-11-7-8-12-28(18)14-17-9-5-4-6-10-17/h4-6,9-10,18H,7-8,11-15H2,1-3H3,(H,25,29). The summed E-state index contributed by atoms with van der Waals surface area (Å²) in [6, 6.07) is 10.9. The van der Waals surface area contributed by atoms with Gasteiger partial charge >= 0.3 is 0 Å². The van der Waals surface area contributed by atoms with Gasteiger partial charge in [0.05, 0.1) is 17.4 Å². The van der Waals surface area contributed by atoms with E-state index in [9.17, 15) is 4.79 Å². The molecule has 7 nitrogen and oxygen atoms in total. The van der Waals surface area contributed by atoms with Crippen molar-refractivity contribution in [2.75, 3.05) is 27.3 Å². The van der Waals surface area contributed by atoms with Gasteiger partial charge in [-0.3, -0.25) is 9.69 Å². The number of fused-ring (bicyclic) bond motifs is 1. The van der Waals surface area contributed by atoms with E-state index in [0.717, 1.165) is 35.3 Å². The van der Waals surface area contributed by atoms with Crippen LogP contribution in [0.3, 0.4) is 0 Å². The number of likely N-dealkylation sites (tertiary alicyclic amines) is 1. The number of hydrogen-bond acceptors (Lipinski definition) is 7. The largest absolute Gasteiger partial charge is 0.480 e. The highest BCUT2D eigenvalue weighted by Gasteiger charge is 2.25. The number of carbonyl (C=O) groups is 1. The van der Waals surface area contributed by atoms with E-state index in [2.05, 4.69) is 44.5 Å². The Labute approximate surface area is 192 Å². The van der Waals surface area contributed by atoms with Gasteiger partial charge in [0.1, 0.15) is 11.4 Å². The lowest BCUT2D eigenvalue weighted by atomic mass is 10.0. The first-order chi connectivity index (χ1) is 15.6. The summed E-state index contributed by atoms with van der Waals surface area (Å²) >= 11 is 1.38. The topological polar surface area (TPSA) is 76.6 Å². The van der Waals surface area contributed by atoms with Crippen molar-refractivity contribution in [1.82, 2.24) is 20.2 Å². The molecule has 0 spiro atoms. The molecule has 170 valence electrons. The predicted molar refractivity (Wildman–Crippen MR) is 126 cm³/mol. The summed E-state index contributed by atoms with van der Waals surface area (Å²) in [7, 11) is 3.19. The molecule has 0 bridgehead atoms. The van der Waals surface area contributed by atoms with Crippen molar-refractivity contribution in [3.05, 3.63) is 52.2 Å². The second kappa shape index (κ2) is 10.4. The molecule has 0 aliphatic carbocycles. The van der Waals surface area contributed by atoms with Gasteiger partial charge in [-0.05, 0) is 37.4 Å². The van der Waals surface area contributed by atoms with Crippen LogP contribution in [0.15, 0.2) is 30.3 Å². The summed E-state index contributed by atoms with van der Waals surface area (Å²) in [6.07, 6.45) is 3.50. The number of nitrogens with zero attached hydrogens (tertiary/aromatic N) is 3. The first-order valence-electron chi connectivity index (χ1n) is 11.0. The number of piperidine rings is 1. The first-order valence-corrected chi connectivity index (χ1v) is 11.8. The van der Waals surface area contributed by atoms with Crippen LogP contribution >= 0.6 is 11.3 Å². The average Bonchev–Trinajstić information content (AvgIpc) is 3.15. The summed E-state index contributed by atoms with van der Waals surface area (Å²) in [5.41, 5.74) is 2.16. The Morgan fingerprint density at radius 2 is 2.03 bits per heavy atom. The van der Waals surface area contributed by atoms with Gasteiger partial charge in [-0.2, -0.15) is 4.98 Å². The monoisotopic (exact) mass is 454 g/mol. The number of thiophene rings is 1. The number of carbonyl (C=O) groups excluding carboxylic acids is 1. The van der Waals surface area contributed by atoms with Crippen LogP contribution in [0, 0.1) is 6.92 Å². The van der Waals surface area contributed by atoms with E-state index in [1.54, 1.807) is 14.2 Å². The molecule has 0 saturated carbocycles. The van der Waals surface area contributed by atoms with Gasteiger partial charge in [0.15, 0.2) is 5.82 Å². The van der Waals surface area contributed by atoms with Crippen LogP contribution in [0.2, 0.25) is 0 Å². The summed E-state index contributed by atoms with van der Waals surface area (Å²) in [5.74, 6) is 0.964. The minimum atomic E-state index is -0.0638. The number of aromatic nitrogens is 2. The highest BCUT2D eigenvalue weighted by Crippen LogP contribution is 2.35. The normalized spacial score (nSPS) is 16.9. The molecule has 1 atom stereocenters. The second-order valence-electron chi connectivity index (χ2n) is 8.13. The molecule has 1 N–H and O–H groups in total. The molecule has 1 amide bonds. The van der Waals surface area contributed by atoms with Crippen LogP contribution in [0.4, 0.5) is 0 Å². The molecular formula is C24H30N4O3S. The molecule has 3 heterocycles. The minimum Gasteiger partial charge on any atom is -0.480 e. The summed E-state index contributed by atoms with van der Waals surface area (Å²) < 4.78 is 10.6. The molecule has 8 heteroatoms. The third-order valence-electron chi connectivity index (χ3n) is 5.95. The highest BCUT2D eigenvalue weighted by molar-refractivity contribution is 7.20. The molecule has 2 aromatic heterocycles. The number of benzene rings is 1. The molecular weight excluding hydrogens is 424 g/mol. The van der Waals surface area contributed by atoms with E-state index in [-0.39, 0.29) is 5.91 Å². The van der Waals surface area contributed by atoms with Crippen molar-refractivity contribution < 1.29 is 14.3 Å². The lowest BCUT2D eigenvalue weighted by Crippen LogP contribution is -2.46. The van der Waals surface area contributed by atoms with Gasteiger partial charge < -0.3 is 14.8 Å². The van der Waals surface area contributed by atoms with Gasteiger partial charge in [-0.15, -0.1) is 11.3 Å². The third-order valence-corrected chi connectivity index (χ3v) is 7.14. The molecule has 1 unspecified atom stereocenters. The van der Waals surface area contributed by atoms with Crippen LogP contribution in [-0.4, -0.2) is 54.1 Å². The van der Waals surface area contributed by atoms with Gasteiger partial charge in [0.2, 0.25) is 5.88 Å². The molecule has 1 aliphatic heterocycles. The van der Waals surface area contributed by atoms with Crippen molar-refractivity contribution >= 4 is 27.5 Å². The van der Waals surface area contributed by atoms with Crippen LogP contribution in [0.25, 0.3) is 10.2 Å². The quantitative estimate of drug-likeness (QED) is 0.556. The van der Waals surface area contributed by atoms with E-state index >= 15 is 0 Å². The summed E-state index contributed by atoms with van der Waals surface area (Å²) in [6.45, 7) is 4.84. The fourth-order valence-corrected chi connectivity index (χ4v) is 5.42. The zero-order valence-electron chi connectivity index (χ0n) is 18.9. The average molecular weight is 455 g/mol. The SMILES string of the molecule is COCc1nc(OC)c2c(C)c(C(=O)NCC3CCCCN3Cc3ccccc3)sc2n1. The number of amides is 1. The highest BCUT2D eigenvalue weighted by atomic mass is 32.1. The van der Waals surface area contributed by atoms with Crippen molar-refractivity contribution in [2.45, 2.75) is 45.4 Å². The zero-order chi connectivity index (χ0) is 22.5. The Morgan fingerprint density at radius 3 is 2.78 bits per heavy atom. The molecule has 1 saturated heterocycles. The number of nitrogens with one attached hydrogen (secondary N) is 1. The Kier molecular flexibility index (Phi) is 7.34. The van der Waals surface area contributed by atoms with Crippen molar-refractivity contribution in [3.63, 3.8) is 0 Å². The minimum absolute atomic E-state index is 0.0638. The molecule has 1 fully saturated rings. The fraction of sp³-hybridized carbons (Fsp3) is 0.458. The molecule has 1 aliphatic rings. The Hall–Kier alpha value is -2.55. The number of hydrogen-bond donors (Lipinski definition) is 1. The Bertz CT molecular complexity index is 1070. The predicted octanol–water partition coefficient (Wildman–Crippen LogP) is 3.94. The number of rotatable bonds is 8. The van der Waals surface area contributed by atoms with E-state index in [1.165, 1.54) is 29.7 Å². The van der Waals surface area contributed by atoms with Gasteiger partial charge in [-0.25, -0.2) is 4.98 Å². The van der Waals surface area contributed by atoms with Gasteiger partial charge in [-0.1, -0.05) is 36.8 Å². The van der Waals surface area contributed by atoms with Gasteiger partial charge in [0, 0.05) is 26.2 Å². The number of aryl methyl sites for hydroxylation is 1. The maximum atomic E-state index is 13.1. The zero-order valence-corrected chi connectivity index (χ0v) is 19.7. The molecule has 0 radical (unpaired) electrons. The van der Waals surface area contributed by atoms with E-state index < -0.39 is 0 Å². The second-order valence-corrected chi connectivity index (χ2v) is 9.13. The summed E-state index contributed by atoms with van der Waals surface area (Å²) in [4.78, 5) is 26.0. The molecule has 1 aromatic carbocycles.